The number of hydrogen-bond donors (Lipinski definition) is 2. The number of imide groups is 1. The summed E-state index contributed by atoms with van der Waals surface area (Å²) >= 11 is 0. The lowest BCUT2D eigenvalue weighted by Crippen LogP contribution is -2.32. The first kappa shape index (κ1) is 15.4. The van der Waals surface area contributed by atoms with Crippen LogP contribution in [0.2, 0.25) is 0 Å². The Morgan fingerprint density at radius 3 is 2.60 bits per heavy atom. The molecule has 2 heterocycles. The van der Waals surface area contributed by atoms with E-state index in [-0.39, 0.29) is 18.3 Å². The van der Waals surface area contributed by atoms with Gasteiger partial charge in [0.2, 0.25) is 0 Å². The molecule has 6 heteroatoms. The summed E-state index contributed by atoms with van der Waals surface area (Å²) in [5.41, 5.74) is 2.69. The number of fused-ring (bicyclic) bond motifs is 1. The molecule has 0 aliphatic carbocycles. The van der Waals surface area contributed by atoms with Crippen LogP contribution >= 0.6 is 0 Å². The van der Waals surface area contributed by atoms with Gasteiger partial charge in [0.1, 0.15) is 11.9 Å². The summed E-state index contributed by atoms with van der Waals surface area (Å²) in [6, 6.07) is 12.6. The Morgan fingerprint density at radius 2 is 1.80 bits per heavy atom. The van der Waals surface area contributed by atoms with Crippen molar-refractivity contribution in [3.05, 3.63) is 71.7 Å². The number of nitrogens with one attached hydrogen (secondary N) is 2. The summed E-state index contributed by atoms with van der Waals surface area (Å²) in [4.78, 5) is 29.1. The fourth-order valence-corrected chi connectivity index (χ4v) is 3.16. The van der Waals surface area contributed by atoms with Gasteiger partial charge in [-0.2, -0.15) is 0 Å². The van der Waals surface area contributed by atoms with Crippen LogP contribution in [0.5, 0.6) is 0 Å². The van der Waals surface area contributed by atoms with E-state index in [2.05, 4.69) is 10.3 Å². The number of aromatic nitrogens is 1. The Kier molecular flexibility index (Phi) is 3.72. The molecule has 0 radical (unpaired) electrons. The number of aromatic amines is 1. The van der Waals surface area contributed by atoms with Gasteiger partial charge < -0.3 is 10.3 Å². The number of nitrogens with zero attached hydrogens (tertiary/aromatic N) is 1. The number of carbonyl (C=O) groups is 2. The highest BCUT2D eigenvalue weighted by atomic mass is 19.1. The SMILES string of the molecule is O=C1N[C@H](Cc2c[nH]c3ccccc23)C(=O)N1Cc1ccc(F)cc1. The van der Waals surface area contributed by atoms with E-state index in [4.69, 9.17) is 0 Å². The van der Waals surface area contributed by atoms with Crippen LogP contribution in [0.1, 0.15) is 11.1 Å². The number of urea groups is 1. The maximum absolute atomic E-state index is 13.0. The first-order valence-corrected chi connectivity index (χ1v) is 8.03. The topological polar surface area (TPSA) is 65.2 Å². The molecule has 1 aromatic heterocycles. The smallest absolute Gasteiger partial charge is 0.325 e. The van der Waals surface area contributed by atoms with E-state index in [1.165, 1.54) is 17.0 Å². The molecule has 0 unspecified atom stereocenters. The lowest BCUT2D eigenvalue weighted by Gasteiger charge is -2.13. The second kappa shape index (κ2) is 6.05. The van der Waals surface area contributed by atoms with Crippen molar-refractivity contribution in [3.8, 4) is 0 Å². The van der Waals surface area contributed by atoms with Gasteiger partial charge in [-0.15, -0.1) is 0 Å². The van der Waals surface area contributed by atoms with E-state index in [0.717, 1.165) is 16.5 Å². The monoisotopic (exact) mass is 337 g/mol. The summed E-state index contributed by atoms with van der Waals surface area (Å²) in [5.74, 6) is -0.613. The zero-order valence-electron chi connectivity index (χ0n) is 13.3. The number of rotatable bonds is 4. The van der Waals surface area contributed by atoms with Gasteiger partial charge in [0.15, 0.2) is 0 Å². The van der Waals surface area contributed by atoms with Crippen LogP contribution in [-0.4, -0.2) is 27.9 Å². The fourth-order valence-electron chi connectivity index (χ4n) is 3.16. The molecule has 3 aromatic rings. The lowest BCUT2D eigenvalue weighted by molar-refractivity contribution is -0.127. The highest BCUT2D eigenvalue weighted by molar-refractivity contribution is 6.04. The average molecular weight is 337 g/mol. The predicted octanol–water partition coefficient (Wildman–Crippen LogP) is 2.97. The molecule has 1 saturated heterocycles. The molecule has 1 aliphatic rings. The molecule has 2 aromatic carbocycles. The molecule has 3 amide bonds. The summed E-state index contributed by atoms with van der Waals surface area (Å²) in [7, 11) is 0. The third kappa shape index (κ3) is 2.87. The molecule has 1 fully saturated rings. The van der Waals surface area contributed by atoms with Gasteiger partial charge in [-0.1, -0.05) is 30.3 Å². The molecule has 25 heavy (non-hydrogen) atoms. The highest BCUT2D eigenvalue weighted by Crippen LogP contribution is 2.22. The normalized spacial score (nSPS) is 17.3. The van der Waals surface area contributed by atoms with Crippen molar-refractivity contribution >= 4 is 22.8 Å². The van der Waals surface area contributed by atoms with E-state index >= 15 is 0 Å². The number of hydrogen-bond acceptors (Lipinski definition) is 2. The molecule has 5 nitrogen and oxygen atoms in total. The Labute approximate surface area is 143 Å². The Balaban J connectivity index is 1.51. The number of benzene rings is 2. The van der Waals surface area contributed by atoms with E-state index in [1.54, 1.807) is 12.1 Å². The van der Waals surface area contributed by atoms with Crippen molar-refractivity contribution in [3.63, 3.8) is 0 Å². The van der Waals surface area contributed by atoms with E-state index in [1.807, 2.05) is 30.5 Å². The number of H-pyrrole nitrogens is 1. The zero-order valence-corrected chi connectivity index (χ0v) is 13.3. The van der Waals surface area contributed by atoms with Crippen molar-refractivity contribution in [1.29, 1.82) is 0 Å². The Bertz CT molecular complexity index is 949. The van der Waals surface area contributed by atoms with Crippen molar-refractivity contribution < 1.29 is 14.0 Å². The predicted molar refractivity (Wildman–Crippen MR) is 91.3 cm³/mol. The molecule has 0 bridgehead atoms. The van der Waals surface area contributed by atoms with Crippen molar-refractivity contribution in [1.82, 2.24) is 15.2 Å². The van der Waals surface area contributed by atoms with Crippen LogP contribution in [0.15, 0.2) is 54.7 Å². The van der Waals surface area contributed by atoms with Crippen LogP contribution < -0.4 is 5.32 Å². The number of halogens is 1. The summed E-state index contributed by atoms with van der Waals surface area (Å²) in [6.07, 6.45) is 2.29. The maximum atomic E-state index is 13.0. The Hall–Kier alpha value is -3.15. The maximum Gasteiger partial charge on any atom is 0.325 e. The van der Waals surface area contributed by atoms with E-state index in [9.17, 15) is 14.0 Å². The fraction of sp³-hybridized carbons (Fsp3) is 0.158. The molecule has 126 valence electrons. The van der Waals surface area contributed by atoms with Gasteiger partial charge in [0.25, 0.3) is 5.91 Å². The molecule has 0 spiro atoms. The second-order valence-corrected chi connectivity index (χ2v) is 6.12. The number of para-hydroxylation sites is 1. The molecule has 1 atom stereocenters. The highest BCUT2D eigenvalue weighted by Gasteiger charge is 2.38. The second-order valence-electron chi connectivity index (χ2n) is 6.12. The minimum atomic E-state index is -0.591. The molecular formula is C19H16FN3O2. The van der Waals surface area contributed by atoms with Gasteiger partial charge in [-0.05, 0) is 29.3 Å². The first-order valence-electron chi connectivity index (χ1n) is 8.03. The molecular weight excluding hydrogens is 321 g/mol. The molecule has 2 N–H and O–H groups in total. The standard InChI is InChI=1S/C19H16FN3O2/c20-14-7-5-12(6-8-14)11-23-18(24)17(22-19(23)25)9-13-10-21-16-4-2-1-3-15(13)16/h1-8,10,17,21H,9,11H2,(H,22,25)/t17-/m1/s1. The van der Waals surface area contributed by atoms with Crippen molar-refractivity contribution in [2.45, 2.75) is 19.0 Å². The van der Waals surface area contributed by atoms with Gasteiger partial charge in [-0.3, -0.25) is 9.69 Å². The third-order valence-electron chi connectivity index (χ3n) is 4.46. The minimum Gasteiger partial charge on any atom is -0.361 e. The van der Waals surface area contributed by atoms with Gasteiger partial charge in [0.05, 0.1) is 6.54 Å². The molecule has 4 rings (SSSR count). The summed E-state index contributed by atoms with van der Waals surface area (Å²) in [5, 5.41) is 3.78. The van der Waals surface area contributed by atoms with Crippen LogP contribution in [0.3, 0.4) is 0 Å². The molecule has 1 aliphatic heterocycles. The van der Waals surface area contributed by atoms with Crippen LogP contribution in [0, 0.1) is 5.82 Å². The number of amides is 3. The summed E-state index contributed by atoms with van der Waals surface area (Å²) in [6.45, 7) is 0.134. The van der Waals surface area contributed by atoms with Crippen LogP contribution in [0.4, 0.5) is 9.18 Å². The molecule has 0 saturated carbocycles. The van der Waals surface area contributed by atoms with Crippen LogP contribution in [0.25, 0.3) is 10.9 Å². The summed E-state index contributed by atoms with van der Waals surface area (Å²) < 4.78 is 13.0. The van der Waals surface area contributed by atoms with Gasteiger partial charge in [0, 0.05) is 23.5 Å². The average Bonchev–Trinajstić information content (AvgIpc) is 3.14. The number of carbonyl (C=O) groups excluding carboxylic acids is 2. The van der Waals surface area contributed by atoms with E-state index < -0.39 is 12.1 Å². The quantitative estimate of drug-likeness (QED) is 0.719. The first-order chi connectivity index (χ1) is 12.1. The third-order valence-corrected chi connectivity index (χ3v) is 4.46. The van der Waals surface area contributed by atoms with Crippen LogP contribution in [-0.2, 0) is 17.8 Å². The Morgan fingerprint density at radius 1 is 1.04 bits per heavy atom. The van der Waals surface area contributed by atoms with Gasteiger partial charge >= 0.3 is 6.03 Å². The van der Waals surface area contributed by atoms with E-state index in [0.29, 0.717) is 12.0 Å². The lowest BCUT2D eigenvalue weighted by atomic mass is 10.0. The zero-order chi connectivity index (χ0) is 17.4. The van der Waals surface area contributed by atoms with Crippen molar-refractivity contribution in [2.75, 3.05) is 0 Å². The largest absolute Gasteiger partial charge is 0.361 e. The van der Waals surface area contributed by atoms with Crippen molar-refractivity contribution in [2.24, 2.45) is 0 Å². The minimum absolute atomic E-state index is 0.134. The van der Waals surface area contributed by atoms with Gasteiger partial charge in [-0.25, -0.2) is 9.18 Å².